The van der Waals surface area contributed by atoms with Gasteiger partial charge in [-0.2, -0.15) is 0 Å². The molecule has 2 heterocycles. The van der Waals surface area contributed by atoms with Gasteiger partial charge in [0.2, 0.25) is 0 Å². The minimum absolute atomic E-state index is 0.156. The number of thioether (sulfide) groups is 1. The van der Waals surface area contributed by atoms with E-state index in [4.69, 9.17) is 16.3 Å². The van der Waals surface area contributed by atoms with Gasteiger partial charge in [0.25, 0.3) is 5.91 Å². The van der Waals surface area contributed by atoms with Crippen molar-refractivity contribution in [3.8, 4) is 0 Å². The van der Waals surface area contributed by atoms with Crippen molar-refractivity contribution in [1.82, 2.24) is 4.90 Å². The zero-order chi connectivity index (χ0) is 23.0. The molecule has 2 aromatic carbocycles. The molecule has 6 nitrogen and oxygen atoms in total. The number of rotatable bonds is 5. The fourth-order valence-corrected chi connectivity index (χ4v) is 5.91. The lowest BCUT2D eigenvalue weighted by Gasteiger charge is -2.30. The fraction of sp³-hybridized carbons (Fsp3) is 0.435. The summed E-state index contributed by atoms with van der Waals surface area (Å²) in [6, 6.07) is 8.85. The number of anilines is 1. The predicted molar refractivity (Wildman–Crippen MR) is 129 cm³/mol. The number of ether oxygens (including phenoxy) is 1. The van der Waals surface area contributed by atoms with Gasteiger partial charge in [-0.3, -0.25) is 4.79 Å². The summed E-state index contributed by atoms with van der Waals surface area (Å²) in [4.78, 5) is 18.4. The Kier molecular flexibility index (Phi) is 6.77. The first-order chi connectivity index (χ1) is 15.1. The number of hydrogen-bond acceptors (Lipinski definition) is 6. The van der Waals surface area contributed by atoms with Crippen LogP contribution in [0.5, 0.6) is 0 Å². The van der Waals surface area contributed by atoms with Crippen LogP contribution in [0.2, 0.25) is 5.02 Å². The number of halogens is 1. The van der Waals surface area contributed by atoms with E-state index < -0.39 is 9.84 Å². The lowest BCUT2D eigenvalue weighted by atomic mass is 10.1. The average Bonchev–Trinajstić information content (AvgIpc) is 3.15. The number of benzene rings is 2. The van der Waals surface area contributed by atoms with Gasteiger partial charge in [-0.15, -0.1) is 11.8 Å². The molecule has 0 spiro atoms. The monoisotopic (exact) mass is 494 g/mol. The number of sulfone groups is 1. The summed E-state index contributed by atoms with van der Waals surface area (Å²) in [5.74, 6) is -0.168. The van der Waals surface area contributed by atoms with Crippen LogP contribution in [0.1, 0.15) is 35.3 Å². The number of carbonyl (C=O) groups excluding carboxylic acids is 1. The number of fused-ring (bicyclic) bond motifs is 1. The number of hydrogen-bond donors (Lipinski definition) is 0. The molecule has 0 N–H and O–H groups in total. The van der Waals surface area contributed by atoms with Gasteiger partial charge in [0, 0.05) is 42.6 Å². The van der Waals surface area contributed by atoms with E-state index in [0.717, 1.165) is 41.1 Å². The van der Waals surface area contributed by atoms with Gasteiger partial charge >= 0.3 is 0 Å². The molecule has 0 aromatic heterocycles. The summed E-state index contributed by atoms with van der Waals surface area (Å²) in [6.07, 6.45) is 1.16. The molecule has 0 unspecified atom stereocenters. The Balaban J connectivity index is 1.63. The molecule has 0 aliphatic carbocycles. The lowest BCUT2D eigenvalue weighted by molar-refractivity contribution is 0.0747. The van der Waals surface area contributed by atoms with Gasteiger partial charge in [0.15, 0.2) is 9.84 Å². The maximum Gasteiger partial charge on any atom is 0.255 e. The van der Waals surface area contributed by atoms with E-state index in [2.05, 4.69) is 11.0 Å². The third kappa shape index (κ3) is 4.93. The first kappa shape index (κ1) is 23.4. The van der Waals surface area contributed by atoms with Gasteiger partial charge in [-0.25, -0.2) is 8.42 Å². The van der Waals surface area contributed by atoms with Crippen LogP contribution in [-0.2, 0) is 27.7 Å². The van der Waals surface area contributed by atoms with Crippen LogP contribution >= 0.6 is 23.4 Å². The molecule has 32 heavy (non-hydrogen) atoms. The quantitative estimate of drug-likeness (QED) is 0.579. The first-order valence-electron chi connectivity index (χ1n) is 10.6. The zero-order valence-corrected chi connectivity index (χ0v) is 20.8. The molecule has 2 aliphatic heterocycles. The van der Waals surface area contributed by atoms with E-state index in [1.165, 1.54) is 6.07 Å². The maximum absolute atomic E-state index is 13.5. The highest BCUT2D eigenvalue weighted by atomic mass is 35.5. The number of amides is 1. The molecule has 0 radical (unpaired) electrons. The van der Waals surface area contributed by atoms with Crippen LogP contribution < -0.4 is 4.90 Å². The Morgan fingerprint density at radius 3 is 2.38 bits per heavy atom. The summed E-state index contributed by atoms with van der Waals surface area (Å²) in [7, 11) is -3.42. The maximum atomic E-state index is 13.5. The number of morpholine rings is 1. The molecule has 4 rings (SSSR count). The van der Waals surface area contributed by atoms with Crippen molar-refractivity contribution in [1.29, 1.82) is 0 Å². The second-order valence-electron chi connectivity index (χ2n) is 8.43. The molecule has 2 aliphatic rings. The highest BCUT2D eigenvalue weighted by Crippen LogP contribution is 2.36. The third-order valence-electron chi connectivity index (χ3n) is 5.60. The Labute approximate surface area is 198 Å². The molecule has 172 valence electrons. The zero-order valence-electron chi connectivity index (χ0n) is 18.4. The highest BCUT2D eigenvalue weighted by Gasteiger charge is 2.29. The normalized spacial score (nSPS) is 16.5. The van der Waals surface area contributed by atoms with Gasteiger partial charge in [0.1, 0.15) is 0 Å². The van der Waals surface area contributed by atoms with E-state index in [1.54, 1.807) is 28.8 Å². The molecular weight excluding hydrogens is 468 g/mol. The summed E-state index contributed by atoms with van der Waals surface area (Å²) >= 11 is 8.14. The molecule has 0 bridgehead atoms. The summed E-state index contributed by atoms with van der Waals surface area (Å²) in [5.41, 5.74) is 3.50. The standard InChI is InChI=1S/C23H27ClN2O4S2/c1-15(2)31-22-5-4-18(32(3,28)29)12-19(22)23(27)26-13-16-10-20(24)21(11-17(16)14-26)25-6-8-30-9-7-25/h4-5,10-12,15H,6-9,13-14H2,1-3H3. The van der Waals surface area contributed by atoms with Gasteiger partial charge in [-0.05, 0) is 41.5 Å². The SMILES string of the molecule is CC(C)Sc1ccc(S(C)(=O)=O)cc1C(=O)N1Cc2cc(Cl)c(N3CCOCC3)cc2C1. The van der Waals surface area contributed by atoms with E-state index >= 15 is 0 Å². The van der Waals surface area contributed by atoms with Crippen LogP contribution in [0.4, 0.5) is 5.69 Å². The second-order valence-corrected chi connectivity index (χ2v) is 12.5. The summed E-state index contributed by atoms with van der Waals surface area (Å²) < 4.78 is 29.7. The van der Waals surface area contributed by atoms with E-state index in [9.17, 15) is 13.2 Å². The van der Waals surface area contributed by atoms with Crippen LogP contribution in [0, 0.1) is 0 Å². The largest absolute Gasteiger partial charge is 0.378 e. The summed E-state index contributed by atoms with van der Waals surface area (Å²) in [6.45, 7) is 7.93. The molecule has 1 saturated heterocycles. The Hall–Kier alpha value is -1.74. The van der Waals surface area contributed by atoms with Crippen molar-refractivity contribution >= 4 is 44.8 Å². The highest BCUT2D eigenvalue weighted by molar-refractivity contribution is 8.00. The molecule has 9 heteroatoms. The third-order valence-corrected chi connectivity index (χ3v) is 8.10. The smallest absolute Gasteiger partial charge is 0.255 e. The van der Waals surface area contributed by atoms with Gasteiger partial charge in [0.05, 0.1) is 34.4 Å². The molecule has 0 atom stereocenters. The van der Waals surface area contributed by atoms with Gasteiger partial charge < -0.3 is 14.5 Å². The Morgan fingerprint density at radius 1 is 1.09 bits per heavy atom. The summed E-state index contributed by atoms with van der Waals surface area (Å²) in [5, 5.41) is 0.936. The topological polar surface area (TPSA) is 66.9 Å². The van der Waals surface area contributed by atoms with Crippen LogP contribution in [0.15, 0.2) is 40.1 Å². The minimum Gasteiger partial charge on any atom is -0.378 e. The van der Waals surface area contributed by atoms with Crippen LogP contribution in [0.25, 0.3) is 0 Å². The minimum atomic E-state index is -3.42. The van der Waals surface area contributed by atoms with Crippen LogP contribution in [0.3, 0.4) is 0 Å². The van der Waals surface area contributed by atoms with Crippen molar-refractivity contribution in [3.05, 3.63) is 52.0 Å². The average molecular weight is 495 g/mol. The van der Waals surface area contributed by atoms with Crippen molar-refractivity contribution in [3.63, 3.8) is 0 Å². The second kappa shape index (κ2) is 9.25. The molecular formula is C23H27ClN2O4S2. The van der Waals surface area contributed by atoms with E-state index in [0.29, 0.717) is 36.9 Å². The van der Waals surface area contributed by atoms with Crippen molar-refractivity contribution in [2.45, 2.75) is 42.0 Å². The molecule has 2 aromatic rings. The first-order valence-corrected chi connectivity index (χ1v) is 13.7. The fourth-order valence-electron chi connectivity index (χ4n) is 4.03. The van der Waals surface area contributed by atoms with E-state index in [-0.39, 0.29) is 16.1 Å². The van der Waals surface area contributed by atoms with Gasteiger partial charge in [-0.1, -0.05) is 25.4 Å². The van der Waals surface area contributed by atoms with Crippen molar-refractivity contribution in [2.24, 2.45) is 0 Å². The number of nitrogens with zero attached hydrogens (tertiary/aromatic N) is 2. The van der Waals surface area contributed by atoms with Crippen molar-refractivity contribution in [2.75, 3.05) is 37.5 Å². The molecule has 0 saturated carbocycles. The number of carbonyl (C=O) groups is 1. The van der Waals surface area contributed by atoms with Crippen molar-refractivity contribution < 1.29 is 17.9 Å². The Bertz CT molecular complexity index is 1140. The molecule has 1 fully saturated rings. The van der Waals surface area contributed by atoms with Crippen LogP contribution in [-0.4, -0.2) is 57.0 Å². The lowest BCUT2D eigenvalue weighted by Crippen LogP contribution is -2.36. The van der Waals surface area contributed by atoms with E-state index in [1.807, 2.05) is 19.9 Å². The Morgan fingerprint density at radius 2 is 1.75 bits per heavy atom. The predicted octanol–water partition coefficient (Wildman–Crippen LogP) is 4.24. The molecule has 1 amide bonds.